The number of hydrogen-bond donors (Lipinski definition) is 4. The Morgan fingerprint density at radius 1 is 0.892 bits per heavy atom. The number of aliphatic hydroxyl groups excluding tert-OH is 2. The lowest BCUT2D eigenvalue weighted by Gasteiger charge is -2.41. The molecule has 0 unspecified atom stereocenters. The first-order valence-electron chi connectivity index (χ1n) is 12.9. The number of aliphatic carboxylic acids is 2. The molecule has 4 N–H and O–H groups in total. The van der Waals surface area contributed by atoms with Gasteiger partial charge in [0.1, 0.15) is 6.10 Å². The fourth-order valence-corrected chi connectivity index (χ4v) is 4.50. The summed E-state index contributed by atoms with van der Waals surface area (Å²) in [5.74, 6) is -2.74. The van der Waals surface area contributed by atoms with Gasteiger partial charge in [-0.25, -0.2) is 14.6 Å². The number of aromatic nitrogens is 1. The minimum absolute atomic E-state index is 0.105. The second kappa shape index (κ2) is 14.1. The second-order valence-corrected chi connectivity index (χ2v) is 9.65. The van der Waals surface area contributed by atoms with Crippen LogP contribution in [0.1, 0.15) is 56.9 Å². The summed E-state index contributed by atoms with van der Waals surface area (Å²) >= 11 is 0. The Morgan fingerprint density at radius 2 is 1.51 bits per heavy atom. The number of aliphatic hydroxyl groups is 2. The highest BCUT2D eigenvalue weighted by molar-refractivity contribution is 5.91. The Kier molecular flexibility index (Phi) is 10.8. The molecule has 37 heavy (non-hydrogen) atoms. The number of carboxylic acid groups (broad SMARTS) is 2. The van der Waals surface area contributed by atoms with Crippen molar-refractivity contribution in [1.29, 1.82) is 0 Å². The molecule has 4 rings (SSSR count). The van der Waals surface area contributed by atoms with Crippen molar-refractivity contribution in [2.45, 2.75) is 75.7 Å². The van der Waals surface area contributed by atoms with E-state index >= 15 is 0 Å². The molecule has 204 valence electrons. The van der Waals surface area contributed by atoms with Gasteiger partial charge in [0.2, 0.25) is 11.8 Å². The zero-order chi connectivity index (χ0) is 26.8. The van der Waals surface area contributed by atoms with E-state index in [1.165, 1.54) is 25.7 Å². The summed E-state index contributed by atoms with van der Waals surface area (Å²) in [6.07, 6.45) is 10.8. The third-order valence-corrected chi connectivity index (χ3v) is 7.01. The monoisotopic (exact) mass is 519 g/mol. The van der Waals surface area contributed by atoms with Crippen molar-refractivity contribution in [3.63, 3.8) is 0 Å². The molecule has 0 spiro atoms. The Bertz CT molecular complexity index is 902. The standard InChI is InChI=1S/C22H31N3O2.C4H6O6/c26-22(25-13-2-1-3-14-25)10-8-18-7-9-21(23-17-18)27-20-11-15-24(16-12-20)19-5-4-6-19;5-1(3(7)8)2(6)4(9)10/h7-10,17,19-20H,1-6,11-16H2;1-2,5-6H,(H,7,8)(H,9,10)/b10-8+;/t;1-,2-/m.1/s1. The van der Waals surface area contributed by atoms with Crippen LogP contribution >= 0.6 is 0 Å². The van der Waals surface area contributed by atoms with Crippen molar-refractivity contribution in [3.05, 3.63) is 30.0 Å². The van der Waals surface area contributed by atoms with E-state index in [1.54, 1.807) is 12.3 Å². The van der Waals surface area contributed by atoms with Crippen molar-refractivity contribution >= 4 is 23.9 Å². The van der Waals surface area contributed by atoms with Gasteiger partial charge in [-0.3, -0.25) is 4.79 Å². The lowest BCUT2D eigenvalue weighted by Crippen LogP contribution is -2.46. The number of pyridine rings is 1. The molecule has 0 radical (unpaired) electrons. The molecule has 3 aliphatic rings. The molecule has 2 atom stereocenters. The highest BCUT2D eigenvalue weighted by Crippen LogP contribution is 2.28. The quantitative estimate of drug-likeness (QED) is 0.369. The van der Waals surface area contributed by atoms with Crippen LogP contribution in [0.25, 0.3) is 6.08 Å². The average molecular weight is 520 g/mol. The zero-order valence-corrected chi connectivity index (χ0v) is 20.9. The van der Waals surface area contributed by atoms with E-state index in [2.05, 4.69) is 9.88 Å². The summed E-state index contributed by atoms with van der Waals surface area (Å²) in [4.78, 5) is 40.7. The smallest absolute Gasteiger partial charge is 0.335 e. The van der Waals surface area contributed by atoms with Crippen molar-refractivity contribution in [2.24, 2.45) is 0 Å². The Hall–Kier alpha value is -3.02. The van der Waals surface area contributed by atoms with Crippen LogP contribution in [-0.2, 0) is 14.4 Å². The first-order valence-corrected chi connectivity index (χ1v) is 12.9. The van der Waals surface area contributed by atoms with Gasteiger partial charge >= 0.3 is 11.9 Å². The highest BCUT2D eigenvalue weighted by atomic mass is 16.5. The summed E-state index contributed by atoms with van der Waals surface area (Å²) in [5.41, 5.74) is 0.938. The average Bonchev–Trinajstić information content (AvgIpc) is 2.88. The van der Waals surface area contributed by atoms with Gasteiger partial charge in [0.25, 0.3) is 0 Å². The molecule has 1 aliphatic carbocycles. The van der Waals surface area contributed by atoms with E-state index in [1.807, 2.05) is 23.1 Å². The summed E-state index contributed by atoms with van der Waals surface area (Å²) in [5, 5.41) is 32.5. The zero-order valence-electron chi connectivity index (χ0n) is 20.9. The second-order valence-electron chi connectivity index (χ2n) is 9.65. The maximum atomic E-state index is 12.2. The molecular formula is C26H37N3O8. The molecular weight excluding hydrogens is 482 g/mol. The molecule has 2 aliphatic heterocycles. The molecule has 1 aromatic rings. The molecule has 11 heteroatoms. The lowest BCUT2D eigenvalue weighted by atomic mass is 9.90. The third-order valence-electron chi connectivity index (χ3n) is 7.01. The number of carbonyl (C=O) groups is 3. The van der Waals surface area contributed by atoms with Crippen molar-refractivity contribution in [3.8, 4) is 5.88 Å². The van der Waals surface area contributed by atoms with Crippen LogP contribution in [0.2, 0.25) is 0 Å². The highest BCUT2D eigenvalue weighted by Gasteiger charge is 2.30. The number of piperidine rings is 2. The molecule has 11 nitrogen and oxygen atoms in total. The van der Waals surface area contributed by atoms with Crippen molar-refractivity contribution in [2.75, 3.05) is 26.2 Å². The summed E-state index contributed by atoms with van der Waals surface area (Å²) < 4.78 is 6.07. The summed E-state index contributed by atoms with van der Waals surface area (Å²) in [6.45, 7) is 4.06. The maximum absolute atomic E-state index is 12.2. The van der Waals surface area contributed by atoms with E-state index in [-0.39, 0.29) is 12.0 Å². The molecule has 0 aromatic carbocycles. The van der Waals surface area contributed by atoms with Gasteiger partial charge in [0, 0.05) is 50.6 Å². The number of likely N-dealkylation sites (tertiary alicyclic amines) is 2. The first kappa shape index (κ1) is 28.5. The first-order chi connectivity index (χ1) is 17.7. The molecule has 2 saturated heterocycles. The summed E-state index contributed by atoms with van der Waals surface area (Å²) in [7, 11) is 0. The molecule has 3 heterocycles. The Balaban J connectivity index is 0.000000325. The lowest BCUT2D eigenvalue weighted by molar-refractivity contribution is -0.165. The molecule has 1 saturated carbocycles. The normalized spacial score (nSPS) is 20.9. The van der Waals surface area contributed by atoms with Crippen LogP contribution in [0.5, 0.6) is 5.88 Å². The molecule has 0 bridgehead atoms. The van der Waals surface area contributed by atoms with Crippen LogP contribution in [0, 0.1) is 0 Å². The van der Waals surface area contributed by atoms with E-state index in [9.17, 15) is 14.4 Å². The fraction of sp³-hybridized carbons (Fsp3) is 0.615. The van der Waals surface area contributed by atoms with Gasteiger partial charge in [-0.15, -0.1) is 0 Å². The number of nitrogens with zero attached hydrogens (tertiary/aromatic N) is 3. The topological polar surface area (TPSA) is 161 Å². The number of rotatable bonds is 8. The van der Waals surface area contributed by atoms with E-state index in [0.717, 1.165) is 63.5 Å². The fourth-order valence-electron chi connectivity index (χ4n) is 4.50. The largest absolute Gasteiger partial charge is 0.479 e. The number of amides is 1. The Labute approximate surface area is 216 Å². The van der Waals surface area contributed by atoms with Crippen LogP contribution < -0.4 is 4.74 Å². The van der Waals surface area contributed by atoms with Gasteiger partial charge in [-0.05, 0) is 62.7 Å². The minimum Gasteiger partial charge on any atom is -0.479 e. The SMILES string of the molecule is O=C(/C=C/c1ccc(OC2CCN(C3CCC3)CC2)nc1)N1CCCCC1.O=C(O)[C@H](O)[C@@H](O)C(=O)O. The van der Waals surface area contributed by atoms with Gasteiger partial charge in [0.15, 0.2) is 12.2 Å². The number of ether oxygens (including phenoxy) is 1. The number of hydrogen-bond acceptors (Lipinski definition) is 8. The van der Waals surface area contributed by atoms with Crippen LogP contribution in [0.3, 0.4) is 0 Å². The van der Waals surface area contributed by atoms with E-state index < -0.39 is 24.1 Å². The molecule has 3 fully saturated rings. The molecule has 1 aromatic heterocycles. The predicted molar refractivity (Wildman–Crippen MR) is 134 cm³/mol. The summed E-state index contributed by atoms with van der Waals surface area (Å²) in [6, 6.07) is 4.73. The van der Waals surface area contributed by atoms with E-state index in [4.69, 9.17) is 25.2 Å². The Morgan fingerprint density at radius 3 is 2.00 bits per heavy atom. The van der Waals surface area contributed by atoms with Gasteiger partial charge < -0.3 is 35.0 Å². The minimum atomic E-state index is -2.27. The molecule has 1 amide bonds. The van der Waals surface area contributed by atoms with E-state index in [0.29, 0.717) is 5.88 Å². The predicted octanol–water partition coefficient (Wildman–Crippen LogP) is 1.38. The van der Waals surface area contributed by atoms with Gasteiger partial charge in [0.05, 0.1) is 0 Å². The maximum Gasteiger partial charge on any atom is 0.335 e. The van der Waals surface area contributed by atoms with Crippen LogP contribution in [0.15, 0.2) is 24.4 Å². The van der Waals surface area contributed by atoms with Gasteiger partial charge in [-0.2, -0.15) is 0 Å². The number of carboxylic acids is 2. The van der Waals surface area contributed by atoms with Gasteiger partial charge in [-0.1, -0.05) is 6.42 Å². The third kappa shape index (κ3) is 8.80. The van der Waals surface area contributed by atoms with Crippen LogP contribution in [-0.4, -0.2) is 104 Å². The van der Waals surface area contributed by atoms with Crippen LogP contribution in [0.4, 0.5) is 0 Å². The van der Waals surface area contributed by atoms with Crippen molar-refractivity contribution < 1.29 is 39.5 Å². The van der Waals surface area contributed by atoms with Crippen molar-refractivity contribution in [1.82, 2.24) is 14.8 Å². The number of carbonyl (C=O) groups excluding carboxylic acids is 1.